The second kappa shape index (κ2) is 8.08. The lowest BCUT2D eigenvalue weighted by Crippen LogP contribution is -2.36. The highest BCUT2D eigenvalue weighted by Crippen LogP contribution is 2.34. The van der Waals surface area contributed by atoms with Gasteiger partial charge >= 0.3 is 6.18 Å². The van der Waals surface area contributed by atoms with Crippen molar-refractivity contribution in [2.45, 2.75) is 38.8 Å². The molecule has 33 heavy (non-hydrogen) atoms. The number of nitrogens with zero attached hydrogens (tertiary/aromatic N) is 5. The van der Waals surface area contributed by atoms with E-state index in [2.05, 4.69) is 15.0 Å². The molecule has 0 aliphatic rings. The summed E-state index contributed by atoms with van der Waals surface area (Å²) in [7, 11) is -0.775. The maximum absolute atomic E-state index is 13.1. The Labute approximate surface area is 189 Å². The first-order valence-corrected chi connectivity index (χ1v) is 11.6. The predicted octanol–water partition coefficient (Wildman–Crippen LogP) is 3.85. The van der Waals surface area contributed by atoms with Crippen molar-refractivity contribution in [2.75, 3.05) is 17.7 Å². The number of amides is 1. The van der Waals surface area contributed by atoms with Gasteiger partial charge in [-0.3, -0.25) is 4.79 Å². The molecule has 0 N–H and O–H groups in total. The van der Waals surface area contributed by atoms with Gasteiger partial charge in [-0.05, 0) is 12.1 Å². The number of alkyl halides is 3. The first-order chi connectivity index (χ1) is 15.1. The molecule has 0 spiro atoms. The number of pyridine rings is 2. The van der Waals surface area contributed by atoms with Crippen LogP contribution in [0.3, 0.4) is 0 Å². The summed E-state index contributed by atoms with van der Waals surface area (Å²) in [6, 6.07) is 2.14. The summed E-state index contributed by atoms with van der Waals surface area (Å²) in [5, 5.41) is 0. The number of halogens is 3. The summed E-state index contributed by atoms with van der Waals surface area (Å²) in [4.78, 5) is 25.8. The lowest BCUT2D eigenvalue weighted by Gasteiger charge is -2.26. The molecule has 0 aromatic carbocycles. The van der Waals surface area contributed by atoms with E-state index in [-0.39, 0.29) is 44.8 Å². The fourth-order valence-electron chi connectivity index (χ4n) is 3.25. The highest BCUT2D eigenvalue weighted by atomic mass is 32.2. The van der Waals surface area contributed by atoms with Crippen LogP contribution in [0.1, 0.15) is 33.4 Å². The van der Waals surface area contributed by atoms with Crippen LogP contribution in [0.2, 0.25) is 0 Å². The van der Waals surface area contributed by atoms with Crippen molar-refractivity contribution in [3.8, 4) is 11.5 Å². The molecule has 3 aromatic heterocycles. The van der Waals surface area contributed by atoms with Gasteiger partial charge < -0.3 is 9.47 Å². The van der Waals surface area contributed by atoms with Gasteiger partial charge in [-0.25, -0.2) is 23.4 Å². The predicted molar refractivity (Wildman–Crippen MR) is 117 cm³/mol. The molecule has 0 saturated carbocycles. The van der Waals surface area contributed by atoms with E-state index in [1.807, 2.05) is 0 Å². The molecule has 0 radical (unpaired) electrons. The molecule has 0 aliphatic carbocycles. The molecule has 12 heteroatoms. The average Bonchev–Trinajstić information content (AvgIpc) is 3.06. The van der Waals surface area contributed by atoms with Crippen molar-refractivity contribution < 1.29 is 26.4 Å². The Bertz CT molecular complexity index is 1340. The van der Waals surface area contributed by atoms with Crippen LogP contribution in [0.15, 0.2) is 29.4 Å². The number of aromatic nitrogens is 4. The number of imidazole rings is 1. The molecule has 0 fully saturated rings. The van der Waals surface area contributed by atoms with Crippen LogP contribution in [-0.2, 0) is 27.9 Å². The second-order valence-electron chi connectivity index (χ2n) is 8.61. The molecular formula is C21H24F3N5O3S. The maximum Gasteiger partial charge on any atom is 0.433 e. The third-order valence-electron chi connectivity index (χ3n) is 5.16. The van der Waals surface area contributed by atoms with Gasteiger partial charge in [0.15, 0.2) is 15.7 Å². The van der Waals surface area contributed by atoms with E-state index in [0.717, 1.165) is 12.3 Å². The SMILES string of the molecule is CCS(=O)(=O)c1cc(N(C)C(=O)C(C)(C)C)cnc1-c1nc2cc(C(F)(F)F)ncc2n1C. The number of hydrogen-bond donors (Lipinski definition) is 0. The molecule has 0 bridgehead atoms. The van der Waals surface area contributed by atoms with Gasteiger partial charge in [0.05, 0.1) is 39.8 Å². The molecule has 8 nitrogen and oxygen atoms in total. The summed E-state index contributed by atoms with van der Waals surface area (Å²) in [5.74, 6) is -0.425. The van der Waals surface area contributed by atoms with Crippen LogP contribution < -0.4 is 4.90 Å². The maximum atomic E-state index is 13.1. The quantitative estimate of drug-likeness (QED) is 0.559. The van der Waals surface area contributed by atoms with Gasteiger partial charge in [-0.15, -0.1) is 0 Å². The highest BCUT2D eigenvalue weighted by Gasteiger charge is 2.33. The van der Waals surface area contributed by atoms with Crippen LogP contribution in [0, 0.1) is 5.41 Å². The zero-order valence-corrected chi connectivity index (χ0v) is 19.8. The summed E-state index contributed by atoms with van der Waals surface area (Å²) < 4.78 is 66.4. The van der Waals surface area contributed by atoms with Crippen LogP contribution >= 0.6 is 0 Å². The fourth-order valence-corrected chi connectivity index (χ4v) is 4.30. The van der Waals surface area contributed by atoms with Crippen molar-refractivity contribution in [3.63, 3.8) is 0 Å². The number of carbonyl (C=O) groups excluding carboxylic acids is 1. The van der Waals surface area contributed by atoms with E-state index in [4.69, 9.17) is 0 Å². The third-order valence-corrected chi connectivity index (χ3v) is 6.90. The summed E-state index contributed by atoms with van der Waals surface area (Å²) in [6.45, 7) is 6.67. The molecule has 3 rings (SSSR count). The first kappa shape index (κ1) is 24.6. The zero-order valence-electron chi connectivity index (χ0n) is 19.0. The van der Waals surface area contributed by atoms with Crippen molar-refractivity contribution in [1.29, 1.82) is 0 Å². The van der Waals surface area contributed by atoms with Crippen molar-refractivity contribution in [1.82, 2.24) is 19.5 Å². The number of carbonyl (C=O) groups is 1. The monoisotopic (exact) mass is 483 g/mol. The number of sulfone groups is 1. The Morgan fingerprint density at radius 2 is 1.76 bits per heavy atom. The van der Waals surface area contributed by atoms with Gasteiger partial charge in [0, 0.05) is 19.5 Å². The van der Waals surface area contributed by atoms with E-state index < -0.39 is 27.1 Å². The van der Waals surface area contributed by atoms with Crippen LogP contribution in [0.25, 0.3) is 22.6 Å². The first-order valence-electron chi connectivity index (χ1n) is 9.99. The molecule has 3 aromatic rings. The molecule has 0 saturated heterocycles. The van der Waals surface area contributed by atoms with E-state index in [9.17, 15) is 26.4 Å². The van der Waals surface area contributed by atoms with E-state index in [1.54, 1.807) is 20.8 Å². The Kier molecular flexibility index (Phi) is 6.03. The lowest BCUT2D eigenvalue weighted by atomic mass is 9.95. The summed E-state index contributed by atoms with van der Waals surface area (Å²) >= 11 is 0. The van der Waals surface area contributed by atoms with E-state index in [1.165, 1.54) is 42.7 Å². The van der Waals surface area contributed by atoms with Gasteiger partial charge in [0.25, 0.3) is 0 Å². The highest BCUT2D eigenvalue weighted by molar-refractivity contribution is 7.91. The molecule has 0 atom stereocenters. The number of aryl methyl sites for hydroxylation is 1. The smallest absolute Gasteiger partial charge is 0.324 e. The third kappa shape index (κ3) is 4.56. The average molecular weight is 484 g/mol. The van der Waals surface area contributed by atoms with Crippen LogP contribution in [0.4, 0.5) is 18.9 Å². The largest absolute Gasteiger partial charge is 0.433 e. The normalized spacial score (nSPS) is 12.9. The van der Waals surface area contributed by atoms with Gasteiger partial charge in [-0.2, -0.15) is 13.2 Å². The van der Waals surface area contributed by atoms with Crippen LogP contribution in [-0.4, -0.2) is 46.6 Å². The minimum absolute atomic E-state index is 0.000534. The number of fused-ring (bicyclic) bond motifs is 1. The standard InChI is InChI=1S/C21H24F3N5O3S/c1-7-33(31,32)15-8-12(28(5)19(30)20(2,3)4)10-26-17(15)18-27-13-9-16(21(22,23)24)25-11-14(13)29(18)6/h8-11H,7H2,1-6H3. The second-order valence-corrected chi connectivity index (χ2v) is 10.9. The molecule has 1 amide bonds. The lowest BCUT2D eigenvalue weighted by molar-refractivity contribution is -0.141. The fraction of sp³-hybridized carbons (Fsp3) is 0.429. The number of hydrogen-bond acceptors (Lipinski definition) is 6. The van der Waals surface area contributed by atoms with Gasteiger partial charge in [0.1, 0.15) is 11.4 Å². The summed E-state index contributed by atoms with van der Waals surface area (Å²) in [6.07, 6.45) is -2.27. The van der Waals surface area contributed by atoms with Gasteiger partial charge in [0.2, 0.25) is 5.91 Å². The topological polar surface area (TPSA) is 98.1 Å². The van der Waals surface area contributed by atoms with Crippen molar-refractivity contribution in [2.24, 2.45) is 12.5 Å². The van der Waals surface area contributed by atoms with Crippen molar-refractivity contribution >= 4 is 32.5 Å². The Morgan fingerprint density at radius 1 is 1.12 bits per heavy atom. The number of rotatable bonds is 4. The van der Waals surface area contributed by atoms with Crippen LogP contribution in [0.5, 0.6) is 0 Å². The van der Waals surface area contributed by atoms with E-state index in [0.29, 0.717) is 0 Å². The molecule has 3 heterocycles. The Hall–Kier alpha value is -3.02. The minimum atomic E-state index is -4.65. The van der Waals surface area contributed by atoms with E-state index >= 15 is 0 Å². The summed E-state index contributed by atoms with van der Waals surface area (Å²) in [5.41, 5.74) is -1.29. The molecule has 0 unspecified atom stereocenters. The molecule has 178 valence electrons. The van der Waals surface area contributed by atoms with Crippen molar-refractivity contribution in [3.05, 3.63) is 30.2 Å². The minimum Gasteiger partial charge on any atom is -0.324 e. The molecular weight excluding hydrogens is 459 g/mol. The Balaban J connectivity index is 2.24. The Morgan fingerprint density at radius 3 is 2.30 bits per heavy atom. The van der Waals surface area contributed by atoms with Gasteiger partial charge in [-0.1, -0.05) is 27.7 Å². The molecule has 0 aliphatic heterocycles. The number of anilines is 1. The zero-order chi connectivity index (χ0) is 24.9.